The molecule has 0 aromatic heterocycles. The van der Waals surface area contributed by atoms with Crippen LogP contribution in [0.2, 0.25) is 0 Å². The summed E-state index contributed by atoms with van der Waals surface area (Å²) in [6, 6.07) is 11.8. The number of quaternary nitrogens is 1. The molecule has 1 aromatic rings. The molecule has 2 N–H and O–H groups in total. The number of rotatable bonds is 5. The van der Waals surface area contributed by atoms with Crippen LogP contribution in [-0.2, 0) is 0 Å². The number of benzene rings is 1. The van der Waals surface area contributed by atoms with Gasteiger partial charge in [0.2, 0.25) is 0 Å². The van der Waals surface area contributed by atoms with E-state index >= 15 is 0 Å². The van der Waals surface area contributed by atoms with Crippen molar-refractivity contribution in [2.45, 2.75) is 19.3 Å². The normalized spacial score (nSPS) is 26.9. The molecule has 0 bridgehead atoms. The first kappa shape index (κ1) is 21.4. The van der Waals surface area contributed by atoms with E-state index in [9.17, 15) is 15.8 Å². The van der Waals surface area contributed by atoms with Gasteiger partial charge in [0.05, 0.1) is 57.8 Å². The minimum Gasteiger partial charge on any atom is -0.497 e. The zero-order valence-electron chi connectivity index (χ0n) is 17.5. The molecule has 1 saturated carbocycles. The number of nitrogens with one attached hydrogen (secondary N) is 2. The first-order valence-corrected chi connectivity index (χ1v) is 10.1. The fourth-order valence-electron chi connectivity index (χ4n) is 4.95. The van der Waals surface area contributed by atoms with E-state index in [0.717, 1.165) is 25.1 Å². The van der Waals surface area contributed by atoms with Gasteiger partial charge in [-0.05, 0) is 36.3 Å². The smallest absolute Gasteiger partial charge is 0.190 e. The van der Waals surface area contributed by atoms with Crippen LogP contribution < -0.4 is 14.4 Å². The maximum absolute atomic E-state index is 10.2. The van der Waals surface area contributed by atoms with E-state index in [1.807, 2.05) is 6.08 Å². The van der Waals surface area contributed by atoms with Crippen molar-refractivity contribution in [3.63, 3.8) is 0 Å². The molecule has 0 radical (unpaired) electrons. The van der Waals surface area contributed by atoms with Crippen molar-refractivity contribution in [3.8, 4) is 29.7 Å². The van der Waals surface area contributed by atoms with E-state index in [1.54, 1.807) is 32.4 Å². The molecule has 0 amide bonds. The minimum atomic E-state index is -1.75. The van der Waals surface area contributed by atoms with E-state index < -0.39 is 17.3 Å². The number of methoxy groups -OCH3 is 2. The average molecular weight is 404 g/mol. The summed E-state index contributed by atoms with van der Waals surface area (Å²) in [5.41, 5.74) is -0.393. The number of nitriles is 3. The lowest BCUT2D eigenvalue weighted by Crippen LogP contribution is -3.13. The van der Waals surface area contributed by atoms with Crippen LogP contribution in [0.4, 0.5) is 0 Å². The van der Waals surface area contributed by atoms with Crippen LogP contribution in [0, 0.1) is 56.7 Å². The van der Waals surface area contributed by atoms with Crippen molar-refractivity contribution in [1.29, 1.82) is 21.2 Å². The summed E-state index contributed by atoms with van der Waals surface area (Å²) in [4.78, 5) is 1.34. The Bertz CT molecular complexity index is 980. The number of ether oxygens (including phenoxy) is 2. The number of fused-ring (bicyclic) bond motifs is 1. The predicted octanol–water partition coefficient (Wildman–Crippen LogP) is 1.85. The van der Waals surface area contributed by atoms with Gasteiger partial charge >= 0.3 is 0 Å². The summed E-state index contributed by atoms with van der Waals surface area (Å²) >= 11 is 0. The van der Waals surface area contributed by atoms with Crippen molar-refractivity contribution in [1.82, 2.24) is 0 Å². The molecule has 3 rings (SSSR count). The van der Waals surface area contributed by atoms with E-state index in [1.165, 1.54) is 4.90 Å². The monoisotopic (exact) mass is 404 g/mol. The highest BCUT2D eigenvalue weighted by Crippen LogP contribution is 2.54. The molecule has 154 valence electrons. The van der Waals surface area contributed by atoms with Crippen molar-refractivity contribution >= 4 is 5.71 Å². The quantitative estimate of drug-likeness (QED) is 0.726. The zero-order chi connectivity index (χ0) is 21.9. The molecule has 7 nitrogen and oxygen atoms in total. The van der Waals surface area contributed by atoms with Gasteiger partial charge in [-0.3, -0.25) is 0 Å². The van der Waals surface area contributed by atoms with Gasteiger partial charge in [-0.25, -0.2) is 0 Å². The molecular weight excluding hydrogens is 378 g/mol. The van der Waals surface area contributed by atoms with Gasteiger partial charge in [0.15, 0.2) is 5.41 Å². The second-order valence-corrected chi connectivity index (χ2v) is 7.81. The molecule has 30 heavy (non-hydrogen) atoms. The molecule has 0 spiro atoms. The van der Waals surface area contributed by atoms with Crippen LogP contribution in [0.15, 0.2) is 29.8 Å². The highest BCUT2D eigenvalue weighted by molar-refractivity contribution is 6.01. The molecule has 1 aliphatic carbocycles. The topological polar surface area (TPSA) is 118 Å². The van der Waals surface area contributed by atoms with Crippen molar-refractivity contribution < 1.29 is 14.4 Å². The number of hydrogen-bond donors (Lipinski definition) is 2. The Morgan fingerprint density at radius 2 is 1.93 bits per heavy atom. The van der Waals surface area contributed by atoms with Gasteiger partial charge < -0.3 is 19.8 Å². The number of nitrogens with zero attached hydrogens (tertiary/aromatic N) is 3. The fraction of sp³-hybridized carbons (Fsp3) is 0.478. The molecular formula is C23H26N5O2+. The van der Waals surface area contributed by atoms with Crippen LogP contribution >= 0.6 is 0 Å². The summed E-state index contributed by atoms with van der Waals surface area (Å²) in [6.45, 7) is 4.56. The van der Waals surface area contributed by atoms with Crippen molar-refractivity contribution in [3.05, 3.63) is 35.4 Å². The number of hydrogen-bond acceptors (Lipinski definition) is 6. The fourth-order valence-corrected chi connectivity index (χ4v) is 4.95. The molecule has 7 heteroatoms. The molecule has 2 aliphatic rings. The van der Waals surface area contributed by atoms with Gasteiger partial charge in [0, 0.05) is 17.4 Å². The molecule has 1 aliphatic heterocycles. The van der Waals surface area contributed by atoms with E-state index in [2.05, 4.69) is 25.1 Å². The predicted molar refractivity (Wildman–Crippen MR) is 110 cm³/mol. The second kappa shape index (κ2) is 8.57. The molecule has 1 fully saturated rings. The third-order valence-electron chi connectivity index (χ3n) is 6.34. The Kier molecular flexibility index (Phi) is 6.11. The first-order chi connectivity index (χ1) is 14.5. The lowest BCUT2D eigenvalue weighted by molar-refractivity contribution is -0.899. The Morgan fingerprint density at radius 1 is 1.20 bits per heavy atom. The zero-order valence-corrected chi connectivity index (χ0v) is 17.5. The van der Waals surface area contributed by atoms with Gasteiger partial charge in [-0.1, -0.05) is 6.92 Å². The van der Waals surface area contributed by atoms with E-state index in [-0.39, 0.29) is 11.6 Å². The Labute approximate surface area is 177 Å². The lowest BCUT2D eigenvalue weighted by Gasteiger charge is -2.46. The Balaban J connectivity index is 2.29. The Morgan fingerprint density at radius 3 is 2.50 bits per heavy atom. The van der Waals surface area contributed by atoms with Gasteiger partial charge in [-0.2, -0.15) is 15.8 Å². The maximum Gasteiger partial charge on any atom is 0.190 e. The largest absolute Gasteiger partial charge is 0.497 e. The van der Waals surface area contributed by atoms with Gasteiger partial charge in [0.1, 0.15) is 17.4 Å². The second-order valence-electron chi connectivity index (χ2n) is 7.81. The van der Waals surface area contributed by atoms with Crippen molar-refractivity contribution in [2.75, 3.05) is 33.9 Å². The summed E-state index contributed by atoms with van der Waals surface area (Å²) in [7, 11) is 3.10. The van der Waals surface area contributed by atoms with E-state index in [4.69, 9.17) is 14.9 Å². The molecule has 4 atom stereocenters. The van der Waals surface area contributed by atoms with Crippen molar-refractivity contribution in [2.24, 2.45) is 17.3 Å². The molecule has 2 unspecified atom stereocenters. The summed E-state index contributed by atoms with van der Waals surface area (Å²) in [5, 5.41) is 38.9. The molecule has 1 aromatic carbocycles. The maximum atomic E-state index is 10.2. The van der Waals surface area contributed by atoms with E-state index in [0.29, 0.717) is 23.6 Å². The summed E-state index contributed by atoms with van der Waals surface area (Å²) in [6.07, 6.45) is 3.05. The minimum absolute atomic E-state index is 0.147. The SMILES string of the molecule is CCC[NH+]1CC=C2C(C#N)C(=N)C(C#N)(C#N)[C@H](c3cc(OC)ccc3OC)[C@H]2C1. The highest BCUT2D eigenvalue weighted by atomic mass is 16.5. The molecule has 0 saturated heterocycles. The van der Waals surface area contributed by atoms with Crippen LogP contribution in [0.25, 0.3) is 0 Å². The lowest BCUT2D eigenvalue weighted by atomic mass is 9.54. The summed E-state index contributed by atoms with van der Waals surface area (Å²) < 4.78 is 11.0. The molecule has 1 heterocycles. The standard InChI is InChI=1S/C23H25N5O2/c1-4-8-28-9-7-16-18(11-24)22(27)23(13-25,14-26)21(19(16)12-28)17-10-15(29-2)5-6-20(17)30-3/h5-7,10,18-19,21,27H,4,8-9,12H2,1-3H3/p+1/t18?,19-,21+/m0/s1. The van der Waals surface area contributed by atoms with Crippen LogP contribution in [-0.4, -0.2) is 39.6 Å². The van der Waals surface area contributed by atoms with Crippen LogP contribution in [0.1, 0.15) is 24.8 Å². The van der Waals surface area contributed by atoms with Crippen LogP contribution in [0.5, 0.6) is 11.5 Å². The van der Waals surface area contributed by atoms with Gasteiger partial charge in [-0.15, -0.1) is 0 Å². The Hall–Kier alpha value is -3.34. The van der Waals surface area contributed by atoms with Gasteiger partial charge in [0.25, 0.3) is 0 Å². The third kappa shape index (κ3) is 3.20. The first-order valence-electron chi connectivity index (χ1n) is 10.1. The highest BCUT2D eigenvalue weighted by Gasteiger charge is 2.59. The third-order valence-corrected chi connectivity index (χ3v) is 6.34. The van der Waals surface area contributed by atoms with Crippen LogP contribution in [0.3, 0.4) is 0 Å². The average Bonchev–Trinajstić information content (AvgIpc) is 2.78. The summed E-state index contributed by atoms with van der Waals surface area (Å²) in [5.74, 6) is -0.581.